The summed E-state index contributed by atoms with van der Waals surface area (Å²) in [4.78, 5) is 0. The Morgan fingerprint density at radius 1 is 1.13 bits per heavy atom. The molecule has 1 aliphatic heterocycles. The molecule has 0 amide bonds. The van der Waals surface area contributed by atoms with Gasteiger partial charge in [0.05, 0.1) is 38.5 Å². The zero-order valence-electron chi connectivity index (χ0n) is 17.1. The molecule has 4 rings (SSSR count). The fourth-order valence-electron chi connectivity index (χ4n) is 3.66. The van der Waals surface area contributed by atoms with Crippen LogP contribution in [-0.2, 0) is 0 Å². The molecule has 0 aliphatic carbocycles. The highest BCUT2D eigenvalue weighted by Crippen LogP contribution is 2.49. The Kier molecular flexibility index (Phi) is 5.05. The Labute approximate surface area is 178 Å². The third-order valence-corrected chi connectivity index (χ3v) is 5.13. The molecule has 1 atom stereocenters. The first kappa shape index (κ1) is 20.0. The number of nitriles is 1. The number of nitrogens with zero attached hydrogens (tertiary/aromatic N) is 2. The van der Waals surface area contributed by atoms with Crippen molar-refractivity contribution in [1.29, 1.82) is 5.26 Å². The number of rotatable bonds is 5. The lowest BCUT2D eigenvalue weighted by Gasteiger charge is -2.25. The van der Waals surface area contributed by atoms with E-state index in [0.29, 0.717) is 22.6 Å². The lowest BCUT2D eigenvalue weighted by Crippen LogP contribution is -2.21. The number of aromatic amines is 1. The second-order valence-corrected chi connectivity index (χ2v) is 6.75. The number of nitrogens with two attached hydrogens (primary N) is 1. The van der Waals surface area contributed by atoms with E-state index in [1.807, 2.05) is 24.3 Å². The van der Waals surface area contributed by atoms with Gasteiger partial charge in [-0.1, -0.05) is 12.1 Å². The highest BCUT2D eigenvalue weighted by Gasteiger charge is 2.36. The number of aromatic hydroxyl groups is 1. The zero-order valence-corrected chi connectivity index (χ0v) is 17.1. The number of ether oxygens (including phenoxy) is 4. The molecule has 1 unspecified atom stereocenters. The van der Waals surface area contributed by atoms with E-state index >= 15 is 0 Å². The second kappa shape index (κ2) is 7.84. The minimum Gasteiger partial charge on any atom is -0.502 e. The Morgan fingerprint density at radius 3 is 2.45 bits per heavy atom. The Morgan fingerprint density at radius 2 is 1.84 bits per heavy atom. The predicted octanol–water partition coefficient (Wildman–Crippen LogP) is 3.03. The molecule has 0 saturated carbocycles. The van der Waals surface area contributed by atoms with Crippen molar-refractivity contribution in [1.82, 2.24) is 10.2 Å². The SMILES string of the molecule is COc1cccc(-c2[nH]nc3c2C(c2cc(OC)c(O)c(OC)c2)C(C#N)=C(N)O3)c1. The van der Waals surface area contributed by atoms with Gasteiger partial charge in [0, 0.05) is 5.56 Å². The van der Waals surface area contributed by atoms with Gasteiger partial charge < -0.3 is 29.8 Å². The predicted molar refractivity (Wildman–Crippen MR) is 111 cm³/mol. The van der Waals surface area contributed by atoms with Crippen LogP contribution >= 0.6 is 0 Å². The van der Waals surface area contributed by atoms with Crippen molar-refractivity contribution in [2.45, 2.75) is 5.92 Å². The van der Waals surface area contributed by atoms with Crippen LogP contribution in [0.5, 0.6) is 28.9 Å². The third kappa shape index (κ3) is 3.24. The quantitative estimate of drug-likeness (QED) is 0.573. The van der Waals surface area contributed by atoms with Gasteiger partial charge in [-0.3, -0.25) is 5.10 Å². The van der Waals surface area contributed by atoms with Crippen LogP contribution in [0.4, 0.5) is 0 Å². The van der Waals surface area contributed by atoms with Crippen LogP contribution in [0.1, 0.15) is 17.0 Å². The van der Waals surface area contributed by atoms with Gasteiger partial charge in [-0.05, 0) is 29.8 Å². The summed E-state index contributed by atoms with van der Waals surface area (Å²) in [5, 5.41) is 27.4. The van der Waals surface area contributed by atoms with Gasteiger partial charge in [-0.15, -0.1) is 5.10 Å². The van der Waals surface area contributed by atoms with Gasteiger partial charge in [-0.25, -0.2) is 0 Å². The molecule has 9 nitrogen and oxygen atoms in total. The minimum atomic E-state index is -0.642. The number of benzene rings is 2. The van der Waals surface area contributed by atoms with E-state index in [0.717, 1.165) is 5.56 Å². The summed E-state index contributed by atoms with van der Waals surface area (Å²) in [6, 6.07) is 12.8. The van der Waals surface area contributed by atoms with E-state index in [4.69, 9.17) is 24.7 Å². The molecule has 9 heteroatoms. The molecule has 158 valence electrons. The maximum atomic E-state index is 10.3. The summed E-state index contributed by atoms with van der Waals surface area (Å²) in [5.74, 6) is 0.487. The maximum Gasteiger partial charge on any atom is 0.244 e. The summed E-state index contributed by atoms with van der Waals surface area (Å²) >= 11 is 0. The second-order valence-electron chi connectivity index (χ2n) is 6.75. The van der Waals surface area contributed by atoms with Crippen LogP contribution in [-0.4, -0.2) is 36.6 Å². The molecule has 1 aromatic heterocycles. The van der Waals surface area contributed by atoms with Crippen molar-refractivity contribution in [3.8, 4) is 46.2 Å². The topological polar surface area (TPSA) is 136 Å². The maximum absolute atomic E-state index is 10.3. The van der Waals surface area contributed by atoms with Crippen LogP contribution in [0.2, 0.25) is 0 Å². The monoisotopic (exact) mass is 420 g/mol. The number of allylic oxidation sites excluding steroid dienone is 1. The molecule has 1 aliphatic rings. The number of phenols is 1. The van der Waals surface area contributed by atoms with Crippen molar-refractivity contribution in [2.75, 3.05) is 21.3 Å². The molecule has 3 aromatic rings. The first-order valence-electron chi connectivity index (χ1n) is 9.27. The summed E-state index contributed by atoms with van der Waals surface area (Å²) in [7, 11) is 4.45. The first-order chi connectivity index (χ1) is 15.0. The van der Waals surface area contributed by atoms with Gasteiger partial charge in [-0.2, -0.15) is 5.26 Å². The van der Waals surface area contributed by atoms with Gasteiger partial charge in [0.2, 0.25) is 17.5 Å². The fraction of sp³-hybridized carbons (Fsp3) is 0.182. The van der Waals surface area contributed by atoms with E-state index in [1.54, 1.807) is 19.2 Å². The van der Waals surface area contributed by atoms with Gasteiger partial charge >= 0.3 is 0 Å². The lowest BCUT2D eigenvalue weighted by atomic mass is 9.82. The van der Waals surface area contributed by atoms with Crippen molar-refractivity contribution in [2.24, 2.45) is 5.73 Å². The summed E-state index contributed by atoms with van der Waals surface area (Å²) < 4.78 is 21.6. The van der Waals surface area contributed by atoms with E-state index in [-0.39, 0.29) is 34.6 Å². The molecule has 31 heavy (non-hydrogen) atoms. The van der Waals surface area contributed by atoms with E-state index in [2.05, 4.69) is 16.3 Å². The lowest BCUT2D eigenvalue weighted by molar-refractivity contribution is 0.338. The molecule has 0 spiro atoms. The third-order valence-electron chi connectivity index (χ3n) is 5.13. The van der Waals surface area contributed by atoms with Crippen LogP contribution in [0.25, 0.3) is 11.3 Å². The number of aromatic nitrogens is 2. The number of nitrogens with one attached hydrogen (secondary N) is 1. The molecule has 0 saturated heterocycles. The van der Waals surface area contributed by atoms with Gasteiger partial charge in [0.25, 0.3) is 0 Å². The number of phenolic OH excluding ortho intramolecular Hbond substituents is 1. The van der Waals surface area contributed by atoms with Crippen molar-refractivity contribution < 1.29 is 24.1 Å². The number of fused-ring (bicyclic) bond motifs is 1. The molecule has 0 radical (unpaired) electrons. The highest BCUT2D eigenvalue weighted by atomic mass is 16.5. The van der Waals surface area contributed by atoms with Crippen molar-refractivity contribution in [3.05, 3.63) is 59.0 Å². The number of hydrogen-bond acceptors (Lipinski definition) is 8. The van der Waals surface area contributed by atoms with Gasteiger partial charge in [0.1, 0.15) is 17.4 Å². The number of hydrogen-bond donors (Lipinski definition) is 3. The molecular weight excluding hydrogens is 400 g/mol. The fourth-order valence-corrected chi connectivity index (χ4v) is 3.66. The average Bonchev–Trinajstić information content (AvgIpc) is 3.21. The van der Waals surface area contributed by atoms with Crippen molar-refractivity contribution >= 4 is 0 Å². The first-order valence-corrected chi connectivity index (χ1v) is 9.27. The molecule has 0 fully saturated rings. The molecule has 2 heterocycles. The summed E-state index contributed by atoms with van der Waals surface area (Å²) in [5.41, 5.74) is 8.91. The van der Waals surface area contributed by atoms with Crippen LogP contribution in [0, 0.1) is 11.3 Å². The van der Waals surface area contributed by atoms with Crippen molar-refractivity contribution in [3.63, 3.8) is 0 Å². The normalized spacial score (nSPS) is 15.0. The molecular formula is C22H20N4O5. The van der Waals surface area contributed by atoms with E-state index in [9.17, 15) is 10.4 Å². The zero-order chi connectivity index (χ0) is 22.1. The molecule has 4 N–H and O–H groups in total. The van der Waals surface area contributed by atoms with E-state index in [1.165, 1.54) is 14.2 Å². The minimum absolute atomic E-state index is 0.0466. The summed E-state index contributed by atoms with van der Waals surface area (Å²) in [6.45, 7) is 0. The average molecular weight is 420 g/mol. The molecule has 0 bridgehead atoms. The van der Waals surface area contributed by atoms with E-state index < -0.39 is 5.92 Å². The van der Waals surface area contributed by atoms with Gasteiger partial charge in [0.15, 0.2) is 11.5 Å². The highest BCUT2D eigenvalue weighted by molar-refractivity contribution is 5.72. The van der Waals surface area contributed by atoms with Crippen LogP contribution < -0.4 is 24.7 Å². The Bertz CT molecular complexity index is 1200. The Hall–Kier alpha value is -4.32. The molecule has 2 aromatic carbocycles. The largest absolute Gasteiger partial charge is 0.502 e. The van der Waals surface area contributed by atoms with Crippen LogP contribution in [0.3, 0.4) is 0 Å². The Balaban J connectivity index is 1.98. The summed E-state index contributed by atoms with van der Waals surface area (Å²) in [6.07, 6.45) is 0. The van der Waals surface area contributed by atoms with Crippen LogP contribution in [0.15, 0.2) is 47.9 Å². The standard InChI is InChI=1S/C22H20N4O5/c1-28-13-6-4-5-11(7-13)19-18-17(14(10-23)21(24)31-22(18)26-25-19)12-8-15(29-2)20(27)16(9-12)30-3/h4-9,17,27H,24H2,1-3H3,(H,25,26). The number of methoxy groups -OCH3 is 3. The smallest absolute Gasteiger partial charge is 0.244 e. The number of H-pyrrole nitrogens is 1.